The maximum absolute atomic E-state index is 5.75. The summed E-state index contributed by atoms with van der Waals surface area (Å²) in [6.45, 7) is 3.94. The van der Waals surface area contributed by atoms with Crippen LogP contribution in [-0.2, 0) is 4.74 Å². The van der Waals surface area contributed by atoms with E-state index >= 15 is 0 Å². The Morgan fingerprint density at radius 2 is 2.19 bits per heavy atom. The first kappa shape index (κ1) is 12.7. The average Bonchev–Trinajstić information content (AvgIpc) is 3.13. The molecule has 7 heteroatoms. The molecule has 3 heterocycles. The van der Waals surface area contributed by atoms with E-state index in [1.54, 1.807) is 18.3 Å². The van der Waals surface area contributed by atoms with Crippen LogP contribution < -0.4 is 4.90 Å². The number of fused-ring (bicyclic) bond motifs is 1. The molecule has 0 radical (unpaired) electrons. The summed E-state index contributed by atoms with van der Waals surface area (Å²) in [5.41, 5.74) is 1.04. The minimum Gasteiger partial charge on any atom is -0.366 e. The van der Waals surface area contributed by atoms with E-state index < -0.39 is 0 Å². The highest BCUT2D eigenvalue weighted by molar-refractivity contribution is 7.22. The van der Waals surface area contributed by atoms with E-state index in [4.69, 9.17) is 14.2 Å². The molecule has 1 saturated heterocycles. The van der Waals surface area contributed by atoms with E-state index in [1.807, 2.05) is 18.2 Å². The summed E-state index contributed by atoms with van der Waals surface area (Å²) >= 11 is 1.70. The van der Waals surface area contributed by atoms with Crippen molar-refractivity contribution in [2.24, 2.45) is 0 Å². The molecule has 0 unspecified atom stereocenters. The summed E-state index contributed by atoms with van der Waals surface area (Å²) in [5.74, 6) is 1.17. The van der Waals surface area contributed by atoms with Crippen LogP contribution in [0, 0.1) is 6.92 Å². The van der Waals surface area contributed by atoms with Crippen LogP contribution in [0.15, 0.2) is 28.8 Å². The van der Waals surface area contributed by atoms with Crippen LogP contribution in [0.3, 0.4) is 0 Å². The lowest BCUT2D eigenvalue weighted by Crippen LogP contribution is -2.38. The average molecular weight is 302 g/mol. The Balaban J connectivity index is 1.60. The quantitative estimate of drug-likeness (QED) is 0.725. The van der Waals surface area contributed by atoms with Crippen LogP contribution >= 0.6 is 11.3 Å². The highest BCUT2D eigenvalue weighted by atomic mass is 32.1. The monoisotopic (exact) mass is 302 g/mol. The molecule has 3 aromatic rings. The Kier molecular flexibility index (Phi) is 3.08. The van der Waals surface area contributed by atoms with Crippen LogP contribution in [0.4, 0.5) is 5.13 Å². The number of aryl methyl sites for hydroxylation is 1. The normalized spacial score (nSPS) is 19.3. The standard InChI is InChI=1S/C14H14N4O2S/c1-9-15-13(17-20-9)11-8-18(6-7-19-11)14-16-10-4-2-3-5-12(10)21-14/h2-5,11H,6-8H2,1H3/t11-/m0/s1. The van der Waals surface area contributed by atoms with Crippen molar-refractivity contribution in [3.63, 3.8) is 0 Å². The number of anilines is 1. The van der Waals surface area contributed by atoms with Gasteiger partial charge in [-0.3, -0.25) is 0 Å². The van der Waals surface area contributed by atoms with Crippen LogP contribution in [0.1, 0.15) is 17.8 Å². The van der Waals surface area contributed by atoms with Gasteiger partial charge in [-0.05, 0) is 12.1 Å². The van der Waals surface area contributed by atoms with Crippen molar-refractivity contribution in [1.82, 2.24) is 15.1 Å². The Morgan fingerprint density at radius 1 is 1.29 bits per heavy atom. The third-order valence-electron chi connectivity index (χ3n) is 3.45. The maximum Gasteiger partial charge on any atom is 0.223 e. The van der Waals surface area contributed by atoms with Crippen LogP contribution in [0.5, 0.6) is 0 Å². The van der Waals surface area contributed by atoms with Crippen LogP contribution in [0.25, 0.3) is 10.2 Å². The second-order valence-electron chi connectivity index (χ2n) is 4.94. The number of ether oxygens (including phenoxy) is 1. The minimum absolute atomic E-state index is 0.164. The molecule has 1 aliphatic heterocycles. The van der Waals surface area contributed by atoms with Gasteiger partial charge in [0, 0.05) is 13.5 Å². The summed E-state index contributed by atoms with van der Waals surface area (Å²) in [6, 6.07) is 8.18. The van der Waals surface area contributed by atoms with Crippen LogP contribution in [-0.4, -0.2) is 34.8 Å². The molecule has 0 N–H and O–H groups in total. The molecule has 2 aromatic heterocycles. The molecular weight excluding hydrogens is 288 g/mol. The maximum atomic E-state index is 5.75. The van der Waals surface area contributed by atoms with Gasteiger partial charge in [0.2, 0.25) is 11.7 Å². The fourth-order valence-electron chi connectivity index (χ4n) is 2.42. The second-order valence-corrected chi connectivity index (χ2v) is 5.95. The number of morpholine rings is 1. The Bertz CT molecular complexity index is 736. The molecular formula is C14H14N4O2S. The van der Waals surface area contributed by atoms with Gasteiger partial charge in [0.1, 0.15) is 6.10 Å². The Hall–Kier alpha value is -1.99. The molecule has 0 aliphatic carbocycles. The van der Waals surface area contributed by atoms with E-state index in [1.165, 1.54) is 4.70 Å². The minimum atomic E-state index is -0.164. The third kappa shape index (κ3) is 2.38. The molecule has 4 rings (SSSR count). The fraction of sp³-hybridized carbons (Fsp3) is 0.357. The van der Waals surface area contributed by atoms with Gasteiger partial charge >= 0.3 is 0 Å². The summed E-state index contributed by atoms with van der Waals surface area (Å²) in [6.07, 6.45) is -0.164. The number of para-hydroxylation sites is 1. The zero-order chi connectivity index (χ0) is 14.2. The smallest absolute Gasteiger partial charge is 0.223 e. The molecule has 1 fully saturated rings. The van der Waals surface area contributed by atoms with E-state index in [9.17, 15) is 0 Å². The number of aromatic nitrogens is 3. The van der Waals surface area contributed by atoms with E-state index in [2.05, 4.69) is 21.1 Å². The highest BCUT2D eigenvalue weighted by Crippen LogP contribution is 2.31. The lowest BCUT2D eigenvalue weighted by molar-refractivity contribution is 0.0326. The van der Waals surface area contributed by atoms with E-state index in [0.717, 1.165) is 17.2 Å². The number of hydrogen-bond acceptors (Lipinski definition) is 7. The molecule has 1 aromatic carbocycles. The zero-order valence-corrected chi connectivity index (χ0v) is 12.3. The van der Waals surface area contributed by atoms with Crippen molar-refractivity contribution in [1.29, 1.82) is 0 Å². The summed E-state index contributed by atoms with van der Waals surface area (Å²) in [4.78, 5) is 11.2. The summed E-state index contributed by atoms with van der Waals surface area (Å²) in [5, 5.41) is 4.97. The Morgan fingerprint density at radius 3 is 3.00 bits per heavy atom. The van der Waals surface area contributed by atoms with Crippen molar-refractivity contribution >= 4 is 26.7 Å². The number of benzene rings is 1. The van der Waals surface area contributed by atoms with Crippen molar-refractivity contribution in [2.45, 2.75) is 13.0 Å². The first-order valence-electron chi connectivity index (χ1n) is 6.82. The number of thiazole rings is 1. The predicted molar refractivity (Wildman–Crippen MR) is 79.6 cm³/mol. The first-order chi connectivity index (χ1) is 10.3. The van der Waals surface area contributed by atoms with Gasteiger partial charge in [-0.25, -0.2) is 4.98 Å². The molecule has 0 saturated carbocycles. The van der Waals surface area contributed by atoms with Crippen LogP contribution in [0.2, 0.25) is 0 Å². The van der Waals surface area contributed by atoms with Gasteiger partial charge in [0.15, 0.2) is 5.13 Å². The molecule has 0 spiro atoms. The molecule has 0 bridgehead atoms. The number of nitrogens with zero attached hydrogens (tertiary/aromatic N) is 4. The van der Waals surface area contributed by atoms with E-state index in [-0.39, 0.29) is 6.10 Å². The number of rotatable bonds is 2. The van der Waals surface area contributed by atoms with Gasteiger partial charge in [-0.2, -0.15) is 4.98 Å². The summed E-state index contributed by atoms with van der Waals surface area (Å²) in [7, 11) is 0. The van der Waals surface area contributed by atoms with Gasteiger partial charge < -0.3 is 14.2 Å². The molecule has 21 heavy (non-hydrogen) atoms. The van der Waals surface area contributed by atoms with Crippen molar-refractivity contribution in [2.75, 3.05) is 24.6 Å². The first-order valence-corrected chi connectivity index (χ1v) is 7.63. The van der Waals surface area contributed by atoms with Gasteiger partial charge in [-0.15, -0.1) is 0 Å². The molecule has 6 nitrogen and oxygen atoms in total. The molecule has 1 aliphatic rings. The molecule has 108 valence electrons. The fourth-order valence-corrected chi connectivity index (χ4v) is 3.42. The Labute approximate surface area is 125 Å². The van der Waals surface area contributed by atoms with Gasteiger partial charge in [0.25, 0.3) is 0 Å². The molecule has 0 amide bonds. The third-order valence-corrected chi connectivity index (χ3v) is 4.55. The van der Waals surface area contributed by atoms with E-state index in [0.29, 0.717) is 24.9 Å². The summed E-state index contributed by atoms with van der Waals surface area (Å²) < 4.78 is 12.0. The lowest BCUT2D eigenvalue weighted by Gasteiger charge is -2.31. The van der Waals surface area contributed by atoms with Crippen molar-refractivity contribution in [3.8, 4) is 0 Å². The topological polar surface area (TPSA) is 64.3 Å². The number of hydrogen-bond donors (Lipinski definition) is 0. The highest BCUT2D eigenvalue weighted by Gasteiger charge is 2.27. The SMILES string of the molecule is Cc1nc([C@@H]2CN(c3nc4ccccc4s3)CCO2)no1. The molecule has 1 atom stereocenters. The second kappa shape index (κ2) is 5.09. The zero-order valence-electron chi connectivity index (χ0n) is 11.5. The van der Waals surface area contributed by atoms with Gasteiger partial charge in [-0.1, -0.05) is 28.6 Å². The largest absolute Gasteiger partial charge is 0.366 e. The van der Waals surface area contributed by atoms with Crippen molar-refractivity contribution in [3.05, 3.63) is 36.0 Å². The lowest BCUT2D eigenvalue weighted by atomic mass is 10.2. The van der Waals surface area contributed by atoms with Crippen molar-refractivity contribution < 1.29 is 9.26 Å². The predicted octanol–water partition coefficient (Wildman–Crippen LogP) is 2.57. The van der Waals surface area contributed by atoms with Gasteiger partial charge in [0.05, 0.1) is 23.4 Å².